The molecule has 0 radical (unpaired) electrons. The summed E-state index contributed by atoms with van der Waals surface area (Å²) in [5.74, 6) is 0.377. The van der Waals surface area contributed by atoms with E-state index in [0.717, 1.165) is 58.3 Å². The van der Waals surface area contributed by atoms with Gasteiger partial charge in [0.25, 0.3) is 0 Å². The van der Waals surface area contributed by atoms with Gasteiger partial charge in [-0.05, 0) is 37.3 Å². The van der Waals surface area contributed by atoms with Crippen LogP contribution in [-0.4, -0.2) is 52.9 Å². The molecule has 4 nitrogen and oxygen atoms in total. The molecule has 2 aliphatic rings. The van der Waals surface area contributed by atoms with Gasteiger partial charge in [-0.25, -0.2) is 0 Å². The molecule has 2 aliphatic heterocycles. The molecule has 2 fully saturated rings. The Morgan fingerprint density at radius 2 is 1.96 bits per heavy atom. The maximum atomic E-state index is 11.9. The standard InChI is InChI=1S/C19H25N3O/c23-19-6-3-10-22(19)16-8-12-21(13-9-16)11-7-15-14-20-18-5-2-1-4-17(15)18/h1-2,4-5,14,16,20H,3,6-13H2. The number of hydrogen-bond donors (Lipinski definition) is 1. The van der Waals surface area contributed by atoms with E-state index in [9.17, 15) is 4.79 Å². The number of H-pyrrole nitrogens is 1. The van der Waals surface area contributed by atoms with Crippen LogP contribution in [0.3, 0.4) is 0 Å². The highest BCUT2D eigenvalue weighted by molar-refractivity contribution is 5.83. The zero-order chi connectivity index (χ0) is 15.6. The Hall–Kier alpha value is -1.81. The van der Waals surface area contributed by atoms with E-state index in [-0.39, 0.29) is 0 Å². The highest BCUT2D eigenvalue weighted by Gasteiger charge is 2.30. The van der Waals surface area contributed by atoms with Gasteiger partial charge in [-0.15, -0.1) is 0 Å². The first kappa shape index (κ1) is 14.8. The smallest absolute Gasteiger partial charge is 0.222 e. The monoisotopic (exact) mass is 311 g/mol. The number of para-hydroxylation sites is 1. The van der Waals surface area contributed by atoms with E-state index in [2.05, 4.69) is 45.2 Å². The SMILES string of the molecule is O=C1CCCN1C1CCN(CCc2c[nH]c3ccccc23)CC1. The molecule has 1 aromatic heterocycles. The zero-order valence-electron chi connectivity index (χ0n) is 13.6. The van der Waals surface area contributed by atoms with Crippen LogP contribution < -0.4 is 0 Å². The lowest BCUT2D eigenvalue weighted by atomic mass is 10.0. The second-order valence-electron chi connectivity index (χ2n) is 6.87. The number of amides is 1. The molecular weight excluding hydrogens is 286 g/mol. The summed E-state index contributed by atoms with van der Waals surface area (Å²) in [6.45, 7) is 4.34. The first-order valence-electron chi connectivity index (χ1n) is 8.88. The summed E-state index contributed by atoms with van der Waals surface area (Å²) in [4.78, 5) is 19.9. The van der Waals surface area contributed by atoms with Gasteiger partial charge in [-0.2, -0.15) is 0 Å². The third-order valence-corrected chi connectivity index (χ3v) is 5.48. The quantitative estimate of drug-likeness (QED) is 0.943. The maximum Gasteiger partial charge on any atom is 0.222 e. The number of nitrogens with zero attached hydrogens (tertiary/aromatic N) is 2. The van der Waals surface area contributed by atoms with Crippen LogP contribution in [0.4, 0.5) is 0 Å². The minimum atomic E-state index is 0.377. The fourth-order valence-electron chi connectivity index (χ4n) is 4.13. The molecule has 2 aromatic rings. The van der Waals surface area contributed by atoms with Crippen molar-refractivity contribution in [2.24, 2.45) is 0 Å². The lowest BCUT2D eigenvalue weighted by Gasteiger charge is -2.36. The van der Waals surface area contributed by atoms with Gasteiger partial charge < -0.3 is 14.8 Å². The number of likely N-dealkylation sites (tertiary alicyclic amines) is 2. The Balaban J connectivity index is 1.30. The number of carbonyl (C=O) groups excluding carboxylic acids is 1. The fraction of sp³-hybridized carbons (Fsp3) is 0.526. The van der Waals surface area contributed by atoms with Crippen LogP contribution in [0.1, 0.15) is 31.2 Å². The number of piperidine rings is 1. The largest absolute Gasteiger partial charge is 0.361 e. The van der Waals surface area contributed by atoms with Crippen molar-refractivity contribution in [3.05, 3.63) is 36.0 Å². The third-order valence-electron chi connectivity index (χ3n) is 5.48. The summed E-state index contributed by atoms with van der Waals surface area (Å²) >= 11 is 0. The molecule has 1 amide bonds. The van der Waals surface area contributed by atoms with Crippen LogP contribution in [0.5, 0.6) is 0 Å². The minimum absolute atomic E-state index is 0.377. The molecule has 0 aliphatic carbocycles. The summed E-state index contributed by atoms with van der Waals surface area (Å²) in [6, 6.07) is 9.02. The van der Waals surface area contributed by atoms with Crippen molar-refractivity contribution in [1.29, 1.82) is 0 Å². The summed E-state index contributed by atoms with van der Waals surface area (Å²) in [7, 11) is 0. The van der Waals surface area contributed by atoms with Crippen molar-refractivity contribution in [3.8, 4) is 0 Å². The summed E-state index contributed by atoms with van der Waals surface area (Å²) in [6.07, 6.45) is 7.34. The Kier molecular flexibility index (Phi) is 4.08. The van der Waals surface area contributed by atoms with Crippen LogP contribution in [0.15, 0.2) is 30.5 Å². The Morgan fingerprint density at radius 1 is 1.13 bits per heavy atom. The van der Waals surface area contributed by atoms with Crippen molar-refractivity contribution < 1.29 is 4.79 Å². The normalized spacial score (nSPS) is 20.7. The molecule has 2 saturated heterocycles. The van der Waals surface area contributed by atoms with E-state index < -0.39 is 0 Å². The molecule has 122 valence electrons. The number of aromatic nitrogens is 1. The van der Waals surface area contributed by atoms with Crippen molar-refractivity contribution >= 4 is 16.8 Å². The second-order valence-corrected chi connectivity index (χ2v) is 6.87. The van der Waals surface area contributed by atoms with Crippen molar-refractivity contribution in [2.75, 3.05) is 26.2 Å². The molecule has 0 spiro atoms. The number of nitrogens with one attached hydrogen (secondary N) is 1. The number of rotatable bonds is 4. The van der Waals surface area contributed by atoms with Gasteiger partial charge in [0.1, 0.15) is 0 Å². The summed E-state index contributed by atoms with van der Waals surface area (Å²) in [5, 5.41) is 1.35. The van der Waals surface area contributed by atoms with E-state index >= 15 is 0 Å². The second kappa shape index (κ2) is 6.36. The first-order chi connectivity index (χ1) is 11.3. The predicted molar refractivity (Wildman–Crippen MR) is 92.4 cm³/mol. The minimum Gasteiger partial charge on any atom is -0.361 e. The number of benzene rings is 1. The predicted octanol–water partition coefficient (Wildman–Crippen LogP) is 2.80. The lowest BCUT2D eigenvalue weighted by Crippen LogP contribution is -2.45. The van der Waals surface area contributed by atoms with Crippen molar-refractivity contribution in [3.63, 3.8) is 0 Å². The Bertz CT molecular complexity index is 685. The van der Waals surface area contributed by atoms with Gasteiger partial charge in [0, 0.05) is 55.7 Å². The van der Waals surface area contributed by atoms with Crippen LogP contribution in [0.2, 0.25) is 0 Å². The number of aromatic amines is 1. The molecule has 0 atom stereocenters. The molecule has 0 unspecified atom stereocenters. The highest BCUT2D eigenvalue weighted by atomic mass is 16.2. The van der Waals surface area contributed by atoms with Gasteiger partial charge in [-0.1, -0.05) is 18.2 Å². The Labute approximate surface area is 137 Å². The van der Waals surface area contributed by atoms with Crippen molar-refractivity contribution in [1.82, 2.24) is 14.8 Å². The summed E-state index contributed by atoms with van der Waals surface area (Å²) in [5.41, 5.74) is 2.64. The molecular formula is C19H25N3O. The Morgan fingerprint density at radius 3 is 2.74 bits per heavy atom. The van der Waals surface area contributed by atoms with Gasteiger partial charge in [0.05, 0.1) is 0 Å². The van der Waals surface area contributed by atoms with Crippen LogP contribution in [0, 0.1) is 0 Å². The average molecular weight is 311 g/mol. The third kappa shape index (κ3) is 3.00. The topological polar surface area (TPSA) is 39.3 Å². The van der Waals surface area contributed by atoms with E-state index in [1.165, 1.54) is 16.5 Å². The van der Waals surface area contributed by atoms with E-state index in [0.29, 0.717) is 11.9 Å². The molecule has 4 heteroatoms. The van der Waals surface area contributed by atoms with Gasteiger partial charge >= 0.3 is 0 Å². The van der Waals surface area contributed by atoms with Gasteiger partial charge in [0.2, 0.25) is 5.91 Å². The highest BCUT2D eigenvalue weighted by Crippen LogP contribution is 2.23. The molecule has 1 aromatic carbocycles. The van der Waals surface area contributed by atoms with Gasteiger partial charge in [0.15, 0.2) is 0 Å². The van der Waals surface area contributed by atoms with E-state index in [1.54, 1.807) is 0 Å². The maximum absolute atomic E-state index is 11.9. The summed E-state index contributed by atoms with van der Waals surface area (Å²) < 4.78 is 0. The van der Waals surface area contributed by atoms with Gasteiger partial charge in [-0.3, -0.25) is 4.79 Å². The lowest BCUT2D eigenvalue weighted by molar-refractivity contribution is -0.130. The number of carbonyl (C=O) groups is 1. The van der Waals surface area contributed by atoms with Crippen LogP contribution >= 0.6 is 0 Å². The average Bonchev–Trinajstić information content (AvgIpc) is 3.20. The van der Waals surface area contributed by atoms with E-state index in [4.69, 9.17) is 0 Å². The molecule has 0 bridgehead atoms. The zero-order valence-corrected chi connectivity index (χ0v) is 13.6. The van der Waals surface area contributed by atoms with Crippen LogP contribution in [0.25, 0.3) is 10.9 Å². The molecule has 4 rings (SSSR count). The molecule has 3 heterocycles. The number of hydrogen-bond acceptors (Lipinski definition) is 2. The van der Waals surface area contributed by atoms with E-state index in [1.807, 2.05) is 0 Å². The van der Waals surface area contributed by atoms with Crippen LogP contribution in [-0.2, 0) is 11.2 Å². The molecule has 1 N–H and O–H groups in total. The number of fused-ring (bicyclic) bond motifs is 1. The molecule has 0 saturated carbocycles. The first-order valence-corrected chi connectivity index (χ1v) is 8.88. The van der Waals surface area contributed by atoms with Crippen molar-refractivity contribution in [2.45, 2.75) is 38.1 Å². The fourth-order valence-corrected chi connectivity index (χ4v) is 4.13. The molecule has 23 heavy (non-hydrogen) atoms.